The number of rotatable bonds is 5. The summed E-state index contributed by atoms with van der Waals surface area (Å²) in [4.78, 5) is 0. The fourth-order valence-corrected chi connectivity index (χ4v) is 8.04. The third-order valence-corrected chi connectivity index (χ3v) is 10.5. The number of allylic oxidation sites excluding steroid dienone is 1. The molecule has 2 heterocycles. The molecule has 0 spiro atoms. The number of benzene rings is 8. The second kappa shape index (κ2) is 11.5. The molecule has 1 aromatic heterocycles. The molecular formula is C49H33NO. The van der Waals surface area contributed by atoms with Crippen molar-refractivity contribution in [1.82, 2.24) is 4.57 Å². The van der Waals surface area contributed by atoms with Crippen LogP contribution in [0, 0.1) is 0 Å². The molecule has 0 saturated carbocycles. The zero-order valence-electron chi connectivity index (χ0n) is 28.2. The van der Waals surface area contributed by atoms with Crippen LogP contribution in [0.1, 0.15) is 18.1 Å². The molecule has 10 rings (SSSR count). The topological polar surface area (TPSA) is 14.2 Å². The van der Waals surface area contributed by atoms with Gasteiger partial charge in [0.1, 0.15) is 11.5 Å². The first-order valence-corrected chi connectivity index (χ1v) is 17.5. The van der Waals surface area contributed by atoms with Gasteiger partial charge in [-0.15, -0.1) is 0 Å². The van der Waals surface area contributed by atoms with E-state index in [0.29, 0.717) is 0 Å². The molecule has 2 nitrogen and oxygen atoms in total. The van der Waals surface area contributed by atoms with E-state index in [1.165, 1.54) is 76.7 Å². The van der Waals surface area contributed by atoms with Gasteiger partial charge in [0.15, 0.2) is 0 Å². The second-order valence-electron chi connectivity index (χ2n) is 13.3. The van der Waals surface area contributed by atoms with Crippen LogP contribution in [0.5, 0.6) is 11.5 Å². The third kappa shape index (κ3) is 4.57. The second-order valence-corrected chi connectivity index (χ2v) is 13.3. The summed E-state index contributed by atoms with van der Waals surface area (Å²) in [6.45, 7) is 6.31. The summed E-state index contributed by atoms with van der Waals surface area (Å²) in [5.41, 5.74) is 12.9. The normalized spacial score (nSPS) is 12.2. The van der Waals surface area contributed by atoms with E-state index in [2.05, 4.69) is 182 Å². The Balaban J connectivity index is 1.04. The lowest BCUT2D eigenvalue weighted by molar-refractivity contribution is 0.487. The van der Waals surface area contributed by atoms with Crippen LogP contribution in [0.3, 0.4) is 0 Å². The van der Waals surface area contributed by atoms with Crippen LogP contribution in [0.4, 0.5) is 0 Å². The molecule has 0 aliphatic carbocycles. The Kier molecular flexibility index (Phi) is 6.59. The van der Waals surface area contributed by atoms with Gasteiger partial charge in [0.2, 0.25) is 0 Å². The maximum Gasteiger partial charge on any atom is 0.135 e. The monoisotopic (exact) mass is 651 g/mol. The lowest BCUT2D eigenvalue weighted by Crippen LogP contribution is -1.97. The zero-order chi connectivity index (χ0) is 34.1. The first-order chi connectivity index (χ1) is 25.2. The summed E-state index contributed by atoms with van der Waals surface area (Å²) in [6.07, 6.45) is 6.26. The van der Waals surface area contributed by atoms with Gasteiger partial charge >= 0.3 is 0 Å². The fraction of sp³-hybridized carbons (Fsp3) is 0.0204. The van der Waals surface area contributed by atoms with Gasteiger partial charge in [0.05, 0.1) is 11.0 Å². The van der Waals surface area contributed by atoms with E-state index in [0.717, 1.165) is 28.3 Å². The van der Waals surface area contributed by atoms with Crippen molar-refractivity contribution in [3.05, 3.63) is 175 Å². The molecule has 0 atom stereocenters. The molecular weight excluding hydrogens is 619 g/mol. The van der Waals surface area contributed by atoms with Crippen molar-refractivity contribution < 1.29 is 4.74 Å². The first-order valence-electron chi connectivity index (χ1n) is 17.5. The predicted molar refractivity (Wildman–Crippen MR) is 217 cm³/mol. The van der Waals surface area contributed by atoms with Gasteiger partial charge in [-0.2, -0.15) is 0 Å². The molecule has 1 aliphatic rings. The van der Waals surface area contributed by atoms with Gasteiger partial charge in [-0.3, -0.25) is 0 Å². The number of fused-ring (bicyclic) bond motifs is 6. The van der Waals surface area contributed by atoms with Crippen molar-refractivity contribution >= 4 is 55.5 Å². The van der Waals surface area contributed by atoms with Gasteiger partial charge in [0.25, 0.3) is 0 Å². The van der Waals surface area contributed by atoms with E-state index in [-0.39, 0.29) is 0 Å². The maximum atomic E-state index is 6.34. The zero-order valence-corrected chi connectivity index (χ0v) is 28.2. The van der Waals surface area contributed by atoms with Crippen molar-refractivity contribution in [3.63, 3.8) is 0 Å². The van der Waals surface area contributed by atoms with Crippen molar-refractivity contribution in [3.8, 4) is 50.6 Å². The van der Waals surface area contributed by atoms with Crippen LogP contribution in [0.25, 0.3) is 94.6 Å². The van der Waals surface area contributed by atoms with Crippen LogP contribution < -0.4 is 4.74 Å². The molecule has 0 saturated heterocycles. The Bertz CT molecular complexity index is 2880. The number of hydrogen-bond donors (Lipinski definition) is 0. The standard InChI is InChI=1S/C49H33NO/c1-3-9-34-22-26-42-43-28-36-10-5-6-11-37(36)30-45(43)50(49(42)40(34)4-2)39-24-20-32(21-25-39)31-16-18-33(19-17-31)38-23-27-46-44(29-38)41-14-7-12-35-13-8-15-47(51-46)48(35)41/h3-30H,2H2,1H3/b9-3-. The van der Waals surface area contributed by atoms with Gasteiger partial charge < -0.3 is 9.30 Å². The molecule has 240 valence electrons. The Morgan fingerprint density at radius 2 is 1.22 bits per heavy atom. The summed E-state index contributed by atoms with van der Waals surface area (Å²) in [7, 11) is 0. The Hall–Kier alpha value is -6.64. The van der Waals surface area contributed by atoms with E-state index in [1.54, 1.807) is 0 Å². The highest BCUT2D eigenvalue weighted by Gasteiger charge is 2.21. The van der Waals surface area contributed by atoms with E-state index >= 15 is 0 Å². The van der Waals surface area contributed by atoms with Crippen molar-refractivity contribution in [2.75, 3.05) is 0 Å². The summed E-state index contributed by atoms with van der Waals surface area (Å²) < 4.78 is 8.75. The third-order valence-electron chi connectivity index (χ3n) is 10.5. The maximum absolute atomic E-state index is 6.34. The number of nitrogens with zero attached hydrogens (tertiary/aromatic N) is 1. The minimum atomic E-state index is 0.899. The molecule has 9 aromatic rings. The summed E-state index contributed by atoms with van der Waals surface area (Å²) >= 11 is 0. The lowest BCUT2D eigenvalue weighted by Gasteiger charge is -2.22. The van der Waals surface area contributed by atoms with Crippen molar-refractivity contribution in [2.24, 2.45) is 0 Å². The number of aromatic nitrogens is 1. The van der Waals surface area contributed by atoms with E-state index in [9.17, 15) is 0 Å². The van der Waals surface area contributed by atoms with Gasteiger partial charge in [-0.05, 0) is 98.9 Å². The highest BCUT2D eigenvalue weighted by Crippen LogP contribution is 2.47. The SMILES string of the molecule is C=Cc1c(/C=C\C)ccc2c3cc4ccccc4cc3n(-c3ccc(-c4ccc(-c5ccc6c(c5)-c5cccc7cccc(c57)O6)cc4)cc3)c12. The predicted octanol–water partition coefficient (Wildman–Crippen LogP) is 13.9. The number of hydrogen-bond acceptors (Lipinski definition) is 1. The van der Waals surface area contributed by atoms with Crippen LogP contribution in [0.15, 0.2) is 164 Å². The van der Waals surface area contributed by atoms with E-state index in [4.69, 9.17) is 4.74 Å². The van der Waals surface area contributed by atoms with E-state index in [1.807, 2.05) is 6.08 Å². The molecule has 8 aromatic carbocycles. The van der Waals surface area contributed by atoms with Crippen molar-refractivity contribution in [2.45, 2.75) is 6.92 Å². The molecule has 1 aliphatic heterocycles. The summed E-state index contributed by atoms with van der Waals surface area (Å²) in [5.74, 6) is 1.82. The molecule has 2 heteroatoms. The summed E-state index contributed by atoms with van der Waals surface area (Å²) in [5, 5.41) is 7.32. The van der Waals surface area contributed by atoms with E-state index < -0.39 is 0 Å². The smallest absolute Gasteiger partial charge is 0.135 e. The van der Waals surface area contributed by atoms with Crippen LogP contribution in [0.2, 0.25) is 0 Å². The highest BCUT2D eigenvalue weighted by molar-refractivity contribution is 6.16. The Labute approximate surface area is 296 Å². The molecule has 51 heavy (non-hydrogen) atoms. The molecule has 0 radical (unpaired) electrons. The first kappa shape index (κ1) is 29.3. The molecule has 0 fully saturated rings. The van der Waals surface area contributed by atoms with Crippen LogP contribution >= 0.6 is 0 Å². The minimum absolute atomic E-state index is 0.899. The van der Waals surface area contributed by atoms with Crippen molar-refractivity contribution in [1.29, 1.82) is 0 Å². The van der Waals surface area contributed by atoms with Gasteiger partial charge in [0, 0.05) is 33.0 Å². The Morgan fingerprint density at radius 3 is 1.96 bits per heavy atom. The largest absolute Gasteiger partial charge is 0.456 e. The molecule has 0 unspecified atom stereocenters. The van der Waals surface area contributed by atoms with Crippen LogP contribution in [-0.4, -0.2) is 4.57 Å². The lowest BCUT2D eigenvalue weighted by atomic mass is 9.92. The molecule has 0 bridgehead atoms. The summed E-state index contributed by atoms with van der Waals surface area (Å²) in [6, 6.07) is 54.9. The number of ether oxygens (including phenoxy) is 1. The quantitative estimate of drug-likeness (QED) is 0.181. The van der Waals surface area contributed by atoms with Gasteiger partial charge in [-0.25, -0.2) is 0 Å². The fourth-order valence-electron chi connectivity index (χ4n) is 8.04. The Morgan fingerprint density at radius 1 is 0.549 bits per heavy atom. The molecule has 0 amide bonds. The highest BCUT2D eigenvalue weighted by atomic mass is 16.5. The minimum Gasteiger partial charge on any atom is -0.456 e. The molecule has 0 N–H and O–H groups in total. The van der Waals surface area contributed by atoms with Gasteiger partial charge in [-0.1, -0.05) is 134 Å². The average Bonchev–Trinajstić information content (AvgIpc) is 3.50. The average molecular weight is 652 g/mol. The van der Waals surface area contributed by atoms with Crippen LogP contribution in [-0.2, 0) is 0 Å².